The second-order valence-electron chi connectivity index (χ2n) is 7.00. The zero-order valence-corrected chi connectivity index (χ0v) is 16.4. The molecule has 0 bridgehead atoms. The Morgan fingerprint density at radius 2 is 2.00 bits per heavy atom. The molecule has 0 fully saturated rings. The normalized spacial score (nSPS) is 17.1. The summed E-state index contributed by atoms with van der Waals surface area (Å²) < 4.78 is 6.80. The number of methoxy groups -OCH3 is 1. The van der Waals surface area contributed by atoms with Gasteiger partial charge in [-0.15, -0.1) is 0 Å². The highest BCUT2D eigenvalue weighted by atomic mass is 79.9. The first-order valence-electron chi connectivity index (χ1n) is 8.79. The molecule has 1 atom stereocenters. The number of rotatable bonds is 3. The summed E-state index contributed by atoms with van der Waals surface area (Å²) in [6, 6.07) is 13.1. The summed E-state index contributed by atoms with van der Waals surface area (Å²) in [5.41, 5.74) is 6.42. The Morgan fingerprint density at radius 1 is 1.16 bits per heavy atom. The fourth-order valence-corrected chi connectivity index (χ4v) is 4.16. The lowest BCUT2D eigenvalue weighted by atomic mass is 9.91. The topological polar surface area (TPSA) is 37.0 Å². The predicted molar refractivity (Wildman–Crippen MR) is 107 cm³/mol. The largest absolute Gasteiger partial charge is 0.496 e. The molecule has 0 saturated heterocycles. The van der Waals surface area contributed by atoms with Crippen LogP contribution < -0.4 is 10.1 Å². The lowest BCUT2D eigenvalue weighted by Gasteiger charge is -2.27. The van der Waals surface area contributed by atoms with Gasteiger partial charge < -0.3 is 15.0 Å². The fraction of sp³-hybridized carbons (Fsp3) is 0.333. The Hall–Kier alpha value is -1.78. The van der Waals surface area contributed by atoms with Crippen molar-refractivity contribution in [3.05, 3.63) is 63.3 Å². The Labute approximate surface area is 156 Å². The molecule has 0 spiro atoms. The lowest BCUT2D eigenvalue weighted by Crippen LogP contribution is -2.30. The molecule has 2 N–H and O–H groups in total. The molecule has 0 aliphatic carbocycles. The molecule has 1 aliphatic heterocycles. The van der Waals surface area contributed by atoms with Crippen molar-refractivity contribution in [1.82, 2.24) is 10.3 Å². The van der Waals surface area contributed by atoms with Gasteiger partial charge in [0.25, 0.3) is 0 Å². The maximum atomic E-state index is 5.68. The fourth-order valence-electron chi connectivity index (χ4n) is 3.80. The number of hydrogen-bond donors (Lipinski definition) is 2. The van der Waals surface area contributed by atoms with Crippen LogP contribution in [0.2, 0.25) is 0 Å². The van der Waals surface area contributed by atoms with E-state index >= 15 is 0 Å². The third-order valence-corrected chi connectivity index (χ3v) is 5.64. The molecule has 2 aromatic carbocycles. The van der Waals surface area contributed by atoms with Gasteiger partial charge in [0.15, 0.2) is 0 Å². The number of halogens is 1. The second-order valence-corrected chi connectivity index (χ2v) is 7.92. The van der Waals surface area contributed by atoms with Gasteiger partial charge in [-0.3, -0.25) is 0 Å². The summed E-state index contributed by atoms with van der Waals surface area (Å²) >= 11 is 3.60. The van der Waals surface area contributed by atoms with E-state index in [2.05, 4.69) is 76.5 Å². The molecule has 130 valence electrons. The van der Waals surface area contributed by atoms with Crippen molar-refractivity contribution in [1.29, 1.82) is 0 Å². The summed E-state index contributed by atoms with van der Waals surface area (Å²) in [6.45, 7) is 5.42. The molecule has 1 aliphatic rings. The van der Waals surface area contributed by atoms with Gasteiger partial charge in [-0.2, -0.15) is 0 Å². The first-order chi connectivity index (χ1) is 12.1. The number of benzene rings is 2. The minimum absolute atomic E-state index is 0.128. The maximum absolute atomic E-state index is 5.68. The molecular formula is C21H23BrN2O. The van der Waals surface area contributed by atoms with Crippen LogP contribution in [0.4, 0.5) is 0 Å². The quantitative estimate of drug-likeness (QED) is 0.627. The zero-order chi connectivity index (χ0) is 17.6. The minimum atomic E-state index is 0.128. The number of aromatic amines is 1. The van der Waals surface area contributed by atoms with Crippen LogP contribution in [0.15, 0.2) is 40.9 Å². The Morgan fingerprint density at radius 3 is 2.76 bits per heavy atom. The van der Waals surface area contributed by atoms with E-state index in [1.807, 2.05) is 0 Å². The SMILES string of the molecule is COc1ccc(C(C)C)cc1C1NCCc2c1[nH]c1ccc(Br)cc21. The van der Waals surface area contributed by atoms with E-state index in [1.165, 1.54) is 33.3 Å². The van der Waals surface area contributed by atoms with E-state index in [0.29, 0.717) is 5.92 Å². The maximum Gasteiger partial charge on any atom is 0.124 e. The second kappa shape index (κ2) is 6.50. The van der Waals surface area contributed by atoms with Crippen molar-refractivity contribution < 1.29 is 4.74 Å². The minimum Gasteiger partial charge on any atom is -0.496 e. The van der Waals surface area contributed by atoms with Crippen LogP contribution in [0, 0.1) is 0 Å². The molecule has 0 amide bonds. The number of nitrogens with one attached hydrogen (secondary N) is 2. The average molecular weight is 399 g/mol. The molecule has 25 heavy (non-hydrogen) atoms. The summed E-state index contributed by atoms with van der Waals surface area (Å²) in [7, 11) is 1.75. The molecule has 0 saturated carbocycles. The molecular weight excluding hydrogens is 376 g/mol. The zero-order valence-electron chi connectivity index (χ0n) is 14.8. The number of H-pyrrole nitrogens is 1. The van der Waals surface area contributed by atoms with Crippen molar-refractivity contribution in [3.8, 4) is 5.75 Å². The van der Waals surface area contributed by atoms with E-state index in [0.717, 1.165) is 23.2 Å². The Bertz CT molecular complexity index is 929. The molecule has 4 heteroatoms. The first kappa shape index (κ1) is 16.7. The third-order valence-electron chi connectivity index (χ3n) is 5.14. The van der Waals surface area contributed by atoms with Crippen molar-refractivity contribution >= 4 is 26.8 Å². The monoisotopic (exact) mass is 398 g/mol. The smallest absolute Gasteiger partial charge is 0.124 e. The Kier molecular flexibility index (Phi) is 4.34. The van der Waals surface area contributed by atoms with E-state index < -0.39 is 0 Å². The van der Waals surface area contributed by atoms with Gasteiger partial charge in [0.2, 0.25) is 0 Å². The highest BCUT2D eigenvalue weighted by molar-refractivity contribution is 9.10. The highest BCUT2D eigenvalue weighted by Gasteiger charge is 2.27. The van der Waals surface area contributed by atoms with Gasteiger partial charge in [-0.05, 0) is 53.8 Å². The van der Waals surface area contributed by atoms with Crippen molar-refractivity contribution in [2.24, 2.45) is 0 Å². The van der Waals surface area contributed by atoms with Crippen LogP contribution >= 0.6 is 15.9 Å². The highest BCUT2D eigenvalue weighted by Crippen LogP contribution is 2.38. The number of ether oxygens (including phenoxy) is 1. The predicted octanol–water partition coefficient (Wildman–Crippen LogP) is 5.30. The molecule has 0 radical (unpaired) electrons. The van der Waals surface area contributed by atoms with Gasteiger partial charge in [0.05, 0.1) is 13.2 Å². The Balaban J connectivity index is 1.89. The lowest BCUT2D eigenvalue weighted by molar-refractivity contribution is 0.401. The number of aromatic nitrogens is 1. The molecule has 1 unspecified atom stereocenters. The van der Waals surface area contributed by atoms with E-state index in [4.69, 9.17) is 4.74 Å². The van der Waals surface area contributed by atoms with Crippen LogP contribution in [0.5, 0.6) is 5.75 Å². The summed E-state index contributed by atoms with van der Waals surface area (Å²) in [5, 5.41) is 5.00. The van der Waals surface area contributed by atoms with Gasteiger partial charge in [0, 0.05) is 33.2 Å². The van der Waals surface area contributed by atoms with Crippen LogP contribution in [-0.4, -0.2) is 18.6 Å². The molecule has 1 aromatic heterocycles. The van der Waals surface area contributed by atoms with Crippen LogP contribution in [0.1, 0.15) is 48.2 Å². The van der Waals surface area contributed by atoms with Gasteiger partial charge in [0.1, 0.15) is 5.75 Å². The number of fused-ring (bicyclic) bond motifs is 3. The van der Waals surface area contributed by atoms with Gasteiger partial charge in [-0.25, -0.2) is 0 Å². The van der Waals surface area contributed by atoms with Crippen LogP contribution in [-0.2, 0) is 6.42 Å². The molecule has 4 rings (SSSR count). The van der Waals surface area contributed by atoms with Crippen molar-refractivity contribution in [3.63, 3.8) is 0 Å². The van der Waals surface area contributed by atoms with Gasteiger partial charge in [-0.1, -0.05) is 35.8 Å². The summed E-state index contributed by atoms with van der Waals surface area (Å²) in [6.07, 6.45) is 1.04. The first-order valence-corrected chi connectivity index (χ1v) is 9.59. The molecule has 2 heterocycles. The van der Waals surface area contributed by atoms with Crippen LogP contribution in [0.3, 0.4) is 0 Å². The van der Waals surface area contributed by atoms with Crippen molar-refractivity contribution in [2.45, 2.75) is 32.2 Å². The molecule has 3 nitrogen and oxygen atoms in total. The summed E-state index contributed by atoms with van der Waals surface area (Å²) in [4.78, 5) is 3.65. The summed E-state index contributed by atoms with van der Waals surface area (Å²) in [5.74, 6) is 1.43. The van der Waals surface area contributed by atoms with E-state index in [1.54, 1.807) is 7.11 Å². The van der Waals surface area contributed by atoms with Gasteiger partial charge >= 0.3 is 0 Å². The molecule has 3 aromatic rings. The average Bonchev–Trinajstić information content (AvgIpc) is 2.99. The van der Waals surface area contributed by atoms with Crippen molar-refractivity contribution in [2.75, 3.05) is 13.7 Å². The van der Waals surface area contributed by atoms with Crippen LogP contribution in [0.25, 0.3) is 10.9 Å². The number of hydrogen-bond acceptors (Lipinski definition) is 2. The third kappa shape index (κ3) is 2.87. The van der Waals surface area contributed by atoms with E-state index in [-0.39, 0.29) is 6.04 Å². The standard InChI is InChI=1S/C21H23BrN2O/c1-12(2)13-4-7-19(25-3)17(10-13)20-21-15(8-9-23-20)16-11-14(22)5-6-18(16)24-21/h4-7,10-12,20,23-24H,8-9H2,1-3H3. The van der Waals surface area contributed by atoms with E-state index in [9.17, 15) is 0 Å².